The monoisotopic (exact) mass is 203 g/mol. The fraction of sp³-hybridized carbons (Fsp3) is 0.429. The highest BCUT2D eigenvalue weighted by Crippen LogP contribution is 2.16. The molecule has 1 aliphatic rings. The van der Waals surface area contributed by atoms with Gasteiger partial charge in [-0.15, -0.1) is 0 Å². The van der Waals surface area contributed by atoms with Gasteiger partial charge in [0.15, 0.2) is 16.4 Å². The lowest BCUT2D eigenvalue weighted by molar-refractivity contribution is -0.132. The Labute approximate surface area is 77.6 Å². The summed E-state index contributed by atoms with van der Waals surface area (Å²) in [6.45, 7) is 3.21. The van der Waals surface area contributed by atoms with Crippen molar-refractivity contribution >= 4 is 22.8 Å². The summed E-state index contributed by atoms with van der Waals surface area (Å²) in [6.07, 6.45) is 1.15. The van der Waals surface area contributed by atoms with Crippen LogP contribution >= 0.6 is 0 Å². The van der Waals surface area contributed by atoms with Crippen molar-refractivity contribution in [2.24, 2.45) is 0 Å². The highest BCUT2D eigenvalue weighted by molar-refractivity contribution is 7.84. The van der Waals surface area contributed by atoms with Gasteiger partial charge in [-0.1, -0.05) is 6.58 Å². The SMILES string of the molecule is C=CC(O)S(=O)N1C(=O)CCC1=O. The van der Waals surface area contributed by atoms with Crippen molar-refractivity contribution in [3.63, 3.8) is 0 Å². The van der Waals surface area contributed by atoms with E-state index in [0.717, 1.165) is 6.08 Å². The van der Waals surface area contributed by atoms with Crippen LogP contribution in [0.4, 0.5) is 0 Å². The van der Waals surface area contributed by atoms with Gasteiger partial charge in [-0.25, -0.2) is 4.21 Å². The summed E-state index contributed by atoms with van der Waals surface area (Å²) >= 11 is 0. The van der Waals surface area contributed by atoms with E-state index in [1.807, 2.05) is 0 Å². The lowest BCUT2D eigenvalue weighted by Gasteiger charge is -2.14. The second-order valence-corrected chi connectivity index (χ2v) is 3.88. The molecule has 0 saturated carbocycles. The van der Waals surface area contributed by atoms with Gasteiger partial charge in [0.05, 0.1) is 0 Å². The van der Waals surface area contributed by atoms with E-state index in [1.165, 1.54) is 0 Å². The van der Waals surface area contributed by atoms with Crippen LogP contribution in [0.25, 0.3) is 0 Å². The minimum atomic E-state index is -2.03. The maximum Gasteiger partial charge on any atom is 0.241 e. The quantitative estimate of drug-likeness (QED) is 0.486. The standard InChI is InChI=1S/C7H9NO4S/c1-2-7(11)13(12)8-5(9)3-4-6(8)10/h2,7,11H,1,3-4H2. The molecule has 1 rings (SSSR count). The van der Waals surface area contributed by atoms with Gasteiger partial charge in [0.2, 0.25) is 11.8 Å². The topological polar surface area (TPSA) is 74.7 Å². The van der Waals surface area contributed by atoms with E-state index in [0.29, 0.717) is 4.31 Å². The van der Waals surface area contributed by atoms with Crippen LogP contribution in [-0.2, 0) is 20.6 Å². The van der Waals surface area contributed by atoms with E-state index < -0.39 is 28.2 Å². The zero-order chi connectivity index (χ0) is 10.0. The molecule has 1 N–H and O–H groups in total. The highest BCUT2D eigenvalue weighted by Gasteiger charge is 2.35. The van der Waals surface area contributed by atoms with E-state index in [9.17, 15) is 13.8 Å². The number of nitrogens with zero attached hydrogens (tertiary/aromatic N) is 1. The molecule has 5 nitrogen and oxygen atoms in total. The van der Waals surface area contributed by atoms with E-state index in [2.05, 4.69) is 6.58 Å². The molecular formula is C7H9NO4S. The van der Waals surface area contributed by atoms with Gasteiger partial charge >= 0.3 is 0 Å². The Kier molecular flexibility index (Phi) is 2.94. The third-order valence-electron chi connectivity index (χ3n) is 1.59. The van der Waals surface area contributed by atoms with Crippen molar-refractivity contribution in [2.75, 3.05) is 0 Å². The van der Waals surface area contributed by atoms with Crippen molar-refractivity contribution < 1.29 is 18.9 Å². The molecular weight excluding hydrogens is 194 g/mol. The number of hydrogen-bond acceptors (Lipinski definition) is 4. The summed E-state index contributed by atoms with van der Waals surface area (Å²) in [5.41, 5.74) is -1.37. The molecule has 1 aliphatic heterocycles. The van der Waals surface area contributed by atoms with Gasteiger partial charge in [0, 0.05) is 12.8 Å². The zero-order valence-corrected chi connectivity index (χ0v) is 7.62. The highest BCUT2D eigenvalue weighted by atomic mass is 32.2. The minimum Gasteiger partial charge on any atom is -0.374 e. The molecule has 0 aliphatic carbocycles. The molecule has 6 heteroatoms. The number of imide groups is 1. The lowest BCUT2D eigenvalue weighted by atomic mass is 10.4. The fourth-order valence-corrected chi connectivity index (χ4v) is 1.91. The van der Waals surface area contributed by atoms with Crippen molar-refractivity contribution in [2.45, 2.75) is 18.3 Å². The average Bonchev–Trinajstić information content (AvgIpc) is 2.44. The maximum absolute atomic E-state index is 11.3. The Morgan fingerprint density at radius 1 is 1.46 bits per heavy atom. The van der Waals surface area contributed by atoms with E-state index in [1.54, 1.807) is 0 Å². The van der Waals surface area contributed by atoms with Crippen LogP contribution < -0.4 is 0 Å². The predicted octanol–water partition coefficient (Wildman–Crippen LogP) is -0.696. The Morgan fingerprint density at radius 2 is 1.92 bits per heavy atom. The number of aliphatic hydroxyl groups excluding tert-OH is 1. The molecule has 13 heavy (non-hydrogen) atoms. The molecule has 0 aromatic carbocycles. The van der Waals surface area contributed by atoms with Crippen molar-refractivity contribution in [3.05, 3.63) is 12.7 Å². The number of aliphatic hydroxyl groups is 1. The van der Waals surface area contributed by atoms with Crippen LogP contribution in [0.15, 0.2) is 12.7 Å². The van der Waals surface area contributed by atoms with Crippen LogP contribution in [0.1, 0.15) is 12.8 Å². The Bertz CT molecular complexity index is 272. The van der Waals surface area contributed by atoms with Crippen LogP contribution in [0.3, 0.4) is 0 Å². The number of rotatable bonds is 3. The first-order valence-electron chi connectivity index (χ1n) is 3.65. The number of hydrogen-bond donors (Lipinski definition) is 1. The molecule has 1 saturated heterocycles. The molecule has 72 valence electrons. The summed E-state index contributed by atoms with van der Waals surface area (Å²) in [6, 6.07) is 0. The van der Waals surface area contributed by atoms with Gasteiger partial charge in [-0.3, -0.25) is 9.59 Å². The molecule has 0 bridgehead atoms. The Balaban J connectivity index is 2.81. The first-order valence-corrected chi connectivity index (χ1v) is 4.82. The summed E-state index contributed by atoms with van der Waals surface area (Å²) in [7, 11) is -2.03. The molecule has 0 aromatic heterocycles. The van der Waals surface area contributed by atoms with E-state index >= 15 is 0 Å². The number of carbonyl (C=O) groups excluding carboxylic acids is 2. The Morgan fingerprint density at radius 3 is 2.31 bits per heavy atom. The van der Waals surface area contributed by atoms with Crippen molar-refractivity contribution in [1.82, 2.24) is 4.31 Å². The van der Waals surface area contributed by atoms with Crippen molar-refractivity contribution in [1.29, 1.82) is 0 Å². The molecule has 0 aromatic rings. The Hall–Kier alpha value is -1.01. The van der Waals surface area contributed by atoms with E-state index in [-0.39, 0.29) is 12.8 Å². The normalized spacial score (nSPS) is 21.8. The summed E-state index contributed by atoms with van der Waals surface area (Å²) in [5.74, 6) is -1.02. The first kappa shape index (κ1) is 10.1. The second-order valence-electron chi connectivity index (χ2n) is 2.48. The fourth-order valence-electron chi connectivity index (χ4n) is 0.947. The zero-order valence-electron chi connectivity index (χ0n) is 6.80. The van der Waals surface area contributed by atoms with Crippen molar-refractivity contribution in [3.8, 4) is 0 Å². The third-order valence-corrected chi connectivity index (χ3v) is 2.97. The predicted molar refractivity (Wildman–Crippen MR) is 45.4 cm³/mol. The van der Waals surface area contributed by atoms with Crippen LogP contribution in [0, 0.1) is 0 Å². The maximum atomic E-state index is 11.3. The molecule has 2 amide bonds. The second kappa shape index (κ2) is 3.80. The average molecular weight is 203 g/mol. The lowest BCUT2D eigenvalue weighted by Crippen LogP contribution is -2.36. The molecule has 2 atom stereocenters. The smallest absolute Gasteiger partial charge is 0.241 e. The van der Waals surface area contributed by atoms with E-state index in [4.69, 9.17) is 5.11 Å². The molecule has 1 heterocycles. The first-order chi connectivity index (χ1) is 6.07. The van der Waals surface area contributed by atoms with Crippen LogP contribution in [-0.4, -0.2) is 30.9 Å². The van der Waals surface area contributed by atoms with Gasteiger partial charge < -0.3 is 5.11 Å². The van der Waals surface area contributed by atoms with Crippen LogP contribution in [0.2, 0.25) is 0 Å². The number of amides is 2. The third kappa shape index (κ3) is 1.84. The number of carbonyl (C=O) groups is 2. The summed E-state index contributed by atoms with van der Waals surface area (Å²) in [4.78, 5) is 22.0. The van der Waals surface area contributed by atoms with Gasteiger partial charge in [-0.2, -0.15) is 4.31 Å². The largest absolute Gasteiger partial charge is 0.374 e. The molecule has 0 spiro atoms. The van der Waals surface area contributed by atoms with Crippen LogP contribution in [0.5, 0.6) is 0 Å². The van der Waals surface area contributed by atoms with Gasteiger partial charge in [0.1, 0.15) is 0 Å². The summed E-state index contributed by atoms with van der Waals surface area (Å²) in [5, 5.41) is 9.06. The summed E-state index contributed by atoms with van der Waals surface area (Å²) < 4.78 is 11.9. The molecule has 2 unspecified atom stereocenters. The minimum absolute atomic E-state index is 0.0639. The molecule has 0 radical (unpaired) electrons. The van der Waals surface area contributed by atoms with Gasteiger partial charge in [0.25, 0.3) is 0 Å². The van der Waals surface area contributed by atoms with Gasteiger partial charge in [-0.05, 0) is 6.08 Å². The molecule has 1 fully saturated rings.